The standard InChI is InChI=1S/C23H23N3O2S/c1-14(2)24-23(28)26-19-10-6-5-9-18(19)25-22(27)20-13-16-12-11-15-7-3-4-8-17(15)21(16)29-20/h3-10,13-14H,11-12H2,1-2H3,(H,25,27)(H2,24,26,28). The Hall–Kier alpha value is -3.12. The summed E-state index contributed by atoms with van der Waals surface area (Å²) in [4.78, 5) is 26.8. The maximum absolute atomic E-state index is 12.9. The number of fused-ring (bicyclic) bond motifs is 3. The Morgan fingerprint density at radius 2 is 1.55 bits per heavy atom. The Morgan fingerprint density at radius 3 is 2.31 bits per heavy atom. The van der Waals surface area contributed by atoms with E-state index in [1.807, 2.05) is 38.1 Å². The Kier molecular flexibility index (Phi) is 5.36. The quantitative estimate of drug-likeness (QED) is 0.551. The predicted octanol–water partition coefficient (Wildman–Crippen LogP) is 5.30. The molecule has 2 aromatic carbocycles. The summed E-state index contributed by atoms with van der Waals surface area (Å²) in [5, 5.41) is 8.53. The molecule has 0 atom stereocenters. The van der Waals surface area contributed by atoms with Gasteiger partial charge in [-0.15, -0.1) is 11.3 Å². The molecule has 0 bridgehead atoms. The Labute approximate surface area is 174 Å². The van der Waals surface area contributed by atoms with Crippen molar-refractivity contribution in [3.8, 4) is 10.4 Å². The average molecular weight is 406 g/mol. The lowest BCUT2D eigenvalue weighted by atomic mass is 9.91. The van der Waals surface area contributed by atoms with Gasteiger partial charge in [0.15, 0.2) is 0 Å². The fourth-order valence-corrected chi connectivity index (χ4v) is 4.66. The highest BCUT2D eigenvalue weighted by atomic mass is 32.1. The molecule has 0 unspecified atom stereocenters. The molecule has 4 rings (SSSR count). The van der Waals surface area contributed by atoms with Gasteiger partial charge in [0.25, 0.3) is 5.91 Å². The Bertz CT molecular complexity index is 1070. The molecular weight excluding hydrogens is 382 g/mol. The van der Waals surface area contributed by atoms with Crippen molar-refractivity contribution in [2.45, 2.75) is 32.7 Å². The second-order valence-electron chi connectivity index (χ2n) is 7.38. The van der Waals surface area contributed by atoms with Crippen molar-refractivity contribution in [3.05, 3.63) is 70.6 Å². The molecule has 0 saturated carbocycles. The number of para-hydroxylation sites is 2. The van der Waals surface area contributed by atoms with Crippen LogP contribution in [0.3, 0.4) is 0 Å². The second-order valence-corrected chi connectivity index (χ2v) is 8.43. The number of hydrogen-bond acceptors (Lipinski definition) is 3. The minimum atomic E-state index is -0.301. The van der Waals surface area contributed by atoms with Crippen LogP contribution in [0.5, 0.6) is 0 Å². The minimum Gasteiger partial charge on any atom is -0.336 e. The van der Waals surface area contributed by atoms with E-state index in [0.29, 0.717) is 16.3 Å². The third-order valence-corrected chi connectivity index (χ3v) is 6.01. The van der Waals surface area contributed by atoms with Crippen molar-refractivity contribution >= 4 is 34.6 Å². The van der Waals surface area contributed by atoms with Crippen LogP contribution in [0.1, 0.15) is 34.6 Å². The van der Waals surface area contributed by atoms with Gasteiger partial charge in [-0.05, 0) is 61.6 Å². The summed E-state index contributed by atoms with van der Waals surface area (Å²) in [6, 6.07) is 17.3. The summed E-state index contributed by atoms with van der Waals surface area (Å²) in [6.45, 7) is 3.79. The molecule has 0 aliphatic heterocycles. The zero-order chi connectivity index (χ0) is 20.4. The molecule has 1 heterocycles. The first kappa shape index (κ1) is 19.2. The summed E-state index contributed by atoms with van der Waals surface area (Å²) in [6.07, 6.45) is 1.95. The number of amides is 3. The zero-order valence-corrected chi connectivity index (χ0v) is 17.2. The van der Waals surface area contributed by atoms with Crippen molar-refractivity contribution in [2.75, 3.05) is 10.6 Å². The smallest absolute Gasteiger partial charge is 0.319 e. The van der Waals surface area contributed by atoms with Crippen molar-refractivity contribution in [1.29, 1.82) is 0 Å². The molecule has 0 fully saturated rings. The molecule has 1 aliphatic carbocycles. The molecule has 3 aromatic rings. The Morgan fingerprint density at radius 1 is 0.897 bits per heavy atom. The van der Waals surface area contributed by atoms with Gasteiger partial charge in [0.1, 0.15) is 0 Å². The van der Waals surface area contributed by atoms with E-state index in [0.717, 1.165) is 12.8 Å². The molecule has 1 aliphatic rings. The number of benzene rings is 2. The first-order chi connectivity index (χ1) is 14.0. The van der Waals surface area contributed by atoms with Crippen molar-refractivity contribution in [3.63, 3.8) is 0 Å². The first-order valence-electron chi connectivity index (χ1n) is 9.70. The van der Waals surface area contributed by atoms with E-state index in [2.05, 4.69) is 34.1 Å². The number of thiophene rings is 1. The molecular formula is C23H23N3O2S. The number of hydrogen-bond donors (Lipinski definition) is 3. The van der Waals surface area contributed by atoms with Crippen molar-refractivity contribution < 1.29 is 9.59 Å². The number of carbonyl (C=O) groups excluding carboxylic acids is 2. The Balaban J connectivity index is 1.55. The molecule has 6 heteroatoms. The molecule has 5 nitrogen and oxygen atoms in total. The van der Waals surface area contributed by atoms with Crippen LogP contribution in [-0.2, 0) is 12.8 Å². The number of nitrogens with one attached hydrogen (secondary N) is 3. The number of aryl methyl sites for hydroxylation is 2. The highest BCUT2D eigenvalue weighted by molar-refractivity contribution is 7.17. The third-order valence-electron chi connectivity index (χ3n) is 4.80. The molecule has 29 heavy (non-hydrogen) atoms. The number of anilines is 2. The van der Waals surface area contributed by atoms with E-state index in [4.69, 9.17) is 0 Å². The van der Waals surface area contributed by atoms with Crippen LogP contribution in [0.15, 0.2) is 54.6 Å². The molecule has 0 spiro atoms. The van der Waals surface area contributed by atoms with E-state index in [9.17, 15) is 9.59 Å². The fourth-order valence-electron chi connectivity index (χ4n) is 3.49. The van der Waals surface area contributed by atoms with Crippen LogP contribution in [0, 0.1) is 0 Å². The number of rotatable bonds is 4. The van der Waals surface area contributed by atoms with E-state index >= 15 is 0 Å². The van der Waals surface area contributed by atoms with Crippen LogP contribution in [-0.4, -0.2) is 18.0 Å². The van der Waals surface area contributed by atoms with Gasteiger partial charge in [-0.1, -0.05) is 36.4 Å². The molecule has 0 radical (unpaired) electrons. The minimum absolute atomic E-state index is 0.0251. The maximum Gasteiger partial charge on any atom is 0.319 e. The van der Waals surface area contributed by atoms with E-state index in [1.165, 1.54) is 32.9 Å². The van der Waals surface area contributed by atoms with Gasteiger partial charge in [0, 0.05) is 10.9 Å². The monoisotopic (exact) mass is 405 g/mol. The predicted molar refractivity (Wildman–Crippen MR) is 119 cm³/mol. The SMILES string of the molecule is CC(C)NC(=O)Nc1ccccc1NC(=O)c1cc2c(s1)-c1ccccc1CC2. The zero-order valence-electron chi connectivity index (χ0n) is 16.4. The first-order valence-corrected chi connectivity index (χ1v) is 10.5. The van der Waals surface area contributed by atoms with E-state index < -0.39 is 0 Å². The highest BCUT2D eigenvalue weighted by Gasteiger charge is 2.22. The summed E-state index contributed by atoms with van der Waals surface area (Å²) in [5.41, 5.74) is 4.92. The van der Waals surface area contributed by atoms with Crippen molar-refractivity contribution in [2.24, 2.45) is 0 Å². The van der Waals surface area contributed by atoms with Gasteiger partial charge in [-0.25, -0.2) is 4.79 Å². The van der Waals surface area contributed by atoms with Crippen LogP contribution in [0.25, 0.3) is 10.4 Å². The molecule has 3 amide bonds. The topological polar surface area (TPSA) is 70.2 Å². The normalized spacial score (nSPS) is 12.1. The van der Waals surface area contributed by atoms with Crippen LogP contribution < -0.4 is 16.0 Å². The van der Waals surface area contributed by atoms with Gasteiger partial charge >= 0.3 is 6.03 Å². The van der Waals surface area contributed by atoms with Crippen molar-refractivity contribution in [1.82, 2.24) is 5.32 Å². The van der Waals surface area contributed by atoms with Gasteiger partial charge in [0.2, 0.25) is 0 Å². The summed E-state index contributed by atoms with van der Waals surface area (Å²) < 4.78 is 0. The molecule has 0 saturated heterocycles. The van der Waals surface area contributed by atoms with Crippen LogP contribution in [0.2, 0.25) is 0 Å². The lowest BCUT2D eigenvalue weighted by Crippen LogP contribution is -2.34. The van der Waals surface area contributed by atoms with Gasteiger partial charge in [-0.2, -0.15) is 0 Å². The average Bonchev–Trinajstić information content (AvgIpc) is 3.14. The maximum atomic E-state index is 12.9. The summed E-state index contributed by atoms with van der Waals surface area (Å²) >= 11 is 1.52. The molecule has 3 N–H and O–H groups in total. The summed E-state index contributed by atoms with van der Waals surface area (Å²) in [7, 11) is 0. The fraction of sp³-hybridized carbons (Fsp3) is 0.217. The second kappa shape index (κ2) is 8.09. The van der Waals surface area contributed by atoms with Crippen LogP contribution >= 0.6 is 11.3 Å². The summed E-state index contributed by atoms with van der Waals surface area (Å²) in [5.74, 6) is -0.166. The number of urea groups is 1. The third kappa shape index (κ3) is 4.17. The molecule has 1 aromatic heterocycles. The lowest BCUT2D eigenvalue weighted by Gasteiger charge is -2.15. The molecule has 148 valence electrons. The van der Waals surface area contributed by atoms with Gasteiger partial charge in [0.05, 0.1) is 16.3 Å². The number of carbonyl (C=O) groups is 2. The van der Waals surface area contributed by atoms with Gasteiger partial charge in [-0.3, -0.25) is 4.79 Å². The van der Waals surface area contributed by atoms with E-state index in [1.54, 1.807) is 12.1 Å². The largest absolute Gasteiger partial charge is 0.336 e. The van der Waals surface area contributed by atoms with Crippen LogP contribution in [0.4, 0.5) is 16.2 Å². The van der Waals surface area contributed by atoms with Gasteiger partial charge < -0.3 is 16.0 Å². The highest BCUT2D eigenvalue weighted by Crippen LogP contribution is 2.39. The van der Waals surface area contributed by atoms with E-state index in [-0.39, 0.29) is 18.0 Å². The lowest BCUT2D eigenvalue weighted by molar-refractivity contribution is 0.103.